The highest BCUT2D eigenvalue weighted by atomic mass is 19.2. The Morgan fingerprint density at radius 2 is 0.796 bits per heavy atom. The quantitative estimate of drug-likeness (QED) is 0.0818. The Kier molecular flexibility index (Phi) is 11.4. The van der Waals surface area contributed by atoms with Crippen LogP contribution < -0.4 is 10.2 Å². The maximum absolute atomic E-state index is 15.5. The molecule has 268 valence electrons. The molecule has 17 heteroatoms. The molecule has 1 aliphatic rings. The lowest BCUT2D eigenvalue weighted by Gasteiger charge is -2.42. The largest absolute Gasteiger partial charge is 0.363 e. The molecule has 1 unspecified atom stereocenters. The van der Waals surface area contributed by atoms with E-state index in [-0.39, 0.29) is 19.0 Å². The van der Waals surface area contributed by atoms with E-state index in [0.29, 0.717) is 19.3 Å². The third-order valence-corrected chi connectivity index (χ3v) is 8.21. The van der Waals surface area contributed by atoms with E-state index in [1.54, 1.807) is 0 Å². The highest BCUT2D eigenvalue weighted by Crippen LogP contribution is 2.50. The number of rotatable bonds is 13. The average Bonchev–Trinajstić information content (AvgIpc) is 3.44. The summed E-state index contributed by atoms with van der Waals surface area (Å²) in [5.74, 6) is -41.0. The molecule has 4 rings (SSSR count). The predicted octanol–water partition coefficient (Wildman–Crippen LogP) is 11.0. The summed E-state index contributed by atoms with van der Waals surface area (Å²) in [5, 5.41) is 1.96. The van der Waals surface area contributed by atoms with E-state index in [0.717, 1.165) is 25.7 Å². The zero-order valence-electron chi connectivity index (χ0n) is 25.3. The Balaban J connectivity index is 2.01. The summed E-state index contributed by atoms with van der Waals surface area (Å²) in [6.07, 6.45) is 4.00. The fraction of sp³-hybridized carbons (Fsp3) is 0.375. The molecular formula is C32H25F15N2. The van der Waals surface area contributed by atoms with Gasteiger partial charge in [-0.2, -0.15) is 0 Å². The van der Waals surface area contributed by atoms with Crippen LogP contribution in [0.5, 0.6) is 0 Å². The van der Waals surface area contributed by atoms with E-state index in [1.165, 1.54) is 0 Å². The number of halogens is 15. The Bertz CT molecular complexity index is 1700. The molecule has 0 saturated carbocycles. The first kappa shape index (κ1) is 37.8. The molecule has 0 bridgehead atoms. The van der Waals surface area contributed by atoms with Gasteiger partial charge in [0.25, 0.3) is 0 Å². The lowest BCUT2D eigenvalue weighted by Crippen LogP contribution is -2.52. The standard InChI is InChI=1S/C32H25F15N2/c1-2-3-4-5-6-7-8-9-10-11-32(15-18(35)22(39)25(42)23(40)19(15)36)48-12-13(14-16(33)20(37)24(41)21(38)17(14)34)49(32)31-29(46)27(44)26(43)28(45)30(31)47/h12,48H,2-11H2,1H3. The Hall–Kier alpha value is -4.05. The van der Waals surface area contributed by atoms with Crippen LogP contribution in [-0.2, 0) is 5.66 Å². The minimum absolute atomic E-state index is 0.0510. The van der Waals surface area contributed by atoms with Gasteiger partial charge in [0.1, 0.15) is 11.4 Å². The number of hydrogen-bond acceptors (Lipinski definition) is 2. The molecule has 0 aromatic heterocycles. The molecule has 0 aliphatic carbocycles. The zero-order valence-corrected chi connectivity index (χ0v) is 25.3. The molecule has 1 heterocycles. The molecule has 0 fully saturated rings. The van der Waals surface area contributed by atoms with Gasteiger partial charge in [0.15, 0.2) is 69.8 Å². The van der Waals surface area contributed by atoms with Gasteiger partial charge in [-0.15, -0.1) is 0 Å². The van der Waals surface area contributed by atoms with Crippen molar-refractivity contribution in [3.05, 3.63) is 105 Å². The summed E-state index contributed by atoms with van der Waals surface area (Å²) < 4.78 is 221. The Morgan fingerprint density at radius 3 is 1.22 bits per heavy atom. The van der Waals surface area contributed by atoms with Crippen LogP contribution in [0, 0.1) is 87.3 Å². The Labute approximate surface area is 269 Å². The average molecular weight is 723 g/mol. The van der Waals surface area contributed by atoms with E-state index < -0.39 is 127 Å². The van der Waals surface area contributed by atoms with Crippen molar-refractivity contribution in [3.63, 3.8) is 0 Å². The van der Waals surface area contributed by atoms with Crippen molar-refractivity contribution in [2.75, 3.05) is 4.90 Å². The summed E-state index contributed by atoms with van der Waals surface area (Å²) in [4.78, 5) is -0.454. The topological polar surface area (TPSA) is 15.3 Å². The van der Waals surface area contributed by atoms with Crippen LogP contribution >= 0.6 is 0 Å². The molecule has 0 spiro atoms. The van der Waals surface area contributed by atoms with E-state index in [9.17, 15) is 39.5 Å². The minimum Gasteiger partial charge on any atom is -0.363 e. The number of nitrogens with zero attached hydrogens (tertiary/aromatic N) is 1. The molecular weight excluding hydrogens is 697 g/mol. The van der Waals surface area contributed by atoms with E-state index in [4.69, 9.17) is 0 Å². The van der Waals surface area contributed by atoms with Gasteiger partial charge in [0.2, 0.25) is 17.5 Å². The van der Waals surface area contributed by atoms with Crippen LogP contribution in [0.1, 0.15) is 82.3 Å². The molecule has 2 nitrogen and oxygen atoms in total. The monoisotopic (exact) mass is 722 g/mol. The lowest BCUT2D eigenvalue weighted by atomic mass is 9.88. The third-order valence-electron chi connectivity index (χ3n) is 8.21. The SMILES string of the molecule is CCCCCCCCCCCC1(c2c(F)c(F)c(F)c(F)c2F)NC=C(c2c(F)c(F)c(F)c(F)c2F)N1c1c(F)c(F)c(F)c(F)c1F. The summed E-state index contributed by atoms with van der Waals surface area (Å²) in [6.45, 7) is 1.99. The first-order valence-electron chi connectivity index (χ1n) is 14.9. The van der Waals surface area contributed by atoms with Crippen molar-refractivity contribution in [1.82, 2.24) is 5.32 Å². The predicted molar refractivity (Wildman–Crippen MR) is 146 cm³/mol. The molecule has 0 amide bonds. The molecule has 1 aliphatic heterocycles. The van der Waals surface area contributed by atoms with Gasteiger partial charge in [-0.05, 0) is 12.8 Å². The fourth-order valence-corrected chi connectivity index (χ4v) is 5.79. The van der Waals surface area contributed by atoms with Crippen molar-refractivity contribution in [2.24, 2.45) is 0 Å². The van der Waals surface area contributed by atoms with Crippen molar-refractivity contribution in [1.29, 1.82) is 0 Å². The van der Waals surface area contributed by atoms with Gasteiger partial charge < -0.3 is 10.2 Å². The second kappa shape index (κ2) is 14.8. The van der Waals surface area contributed by atoms with Crippen LogP contribution in [-0.4, -0.2) is 0 Å². The molecule has 3 aromatic carbocycles. The summed E-state index contributed by atoms with van der Waals surface area (Å²) in [5.41, 5.74) is -11.5. The molecule has 0 saturated heterocycles. The minimum atomic E-state index is -3.40. The smallest absolute Gasteiger partial charge is 0.200 e. The fourth-order valence-electron chi connectivity index (χ4n) is 5.79. The number of unbranched alkanes of at least 4 members (excludes halogenated alkanes) is 8. The second-order valence-corrected chi connectivity index (χ2v) is 11.3. The first-order valence-corrected chi connectivity index (χ1v) is 14.9. The van der Waals surface area contributed by atoms with Gasteiger partial charge in [0.05, 0.1) is 16.8 Å². The van der Waals surface area contributed by atoms with Crippen molar-refractivity contribution in [2.45, 2.75) is 76.8 Å². The summed E-state index contributed by atoms with van der Waals surface area (Å²) >= 11 is 0. The third kappa shape index (κ3) is 6.40. The van der Waals surface area contributed by atoms with Gasteiger partial charge in [0, 0.05) is 6.20 Å². The van der Waals surface area contributed by atoms with Crippen LogP contribution in [0.2, 0.25) is 0 Å². The highest BCUT2D eigenvalue weighted by molar-refractivity contribution is 5.85. The van der Waals surface area contributed by atoms with Gasteiger partial charge in [-0.1, -0.05) is 58.3 Å². The van der Waals surface area contributed by atoms with Crippen LogP contribution in [0.25, 0.3) is 5.70 Å². The second-order valence-electron chi connectivity index (χ2n) is 11.3. The summed E-state index contributed by atoms with van der Waals surface area (Å²) in [7, 11) is 0. The highest BCUT2D eigenvalue weighted by Gasteiger charge is 2.53. The number of nitrogens with one attached hydrogen (secondary N) is 1. The number of benzene rings is 3. The van der Waals surface area contributed by atoms with E-state index in [1.807, 2.05) is 12.2 Å². The van der Waals surface area contributed by atoms with Crippen LogP contribution in [0.3, 0.4) is 0 Å². The van der Waals surface area contributed by atoms with Gasteiger partial charge in [-0.25, -0.2) is 65.9 Å². The first-order chi connectivity index (χ1) is 23.1. The van der Waals surface area contributed by atoms with Crippen molar-refractivity contribution in [3.8, 4) is 0 Å². The summed E-state index contributed by atoms with van der Waals surface area (Å²) in [6, 6.07) is 0. The van der Waals surface area contributed by atoms with E-state index >= 15 is 26.3 Å². The van der Waals surface area contributed by atoms with Crippen LogP contribution in [0.4, 0.5) is 71.5 Å². The molecule has 1 atom stereocenters. The lowest BCUT2D eigenvalue weighted by molar-refractivity contribution is 0.292. The van der Waals surface area contributed by atoms with Gasteiger partial charge >= 0.3 is 0 Å². The molecule has 49 heavy (non-hydrogen) atoms. The maximum atomic E-state index is 15.5. The molecule has 3 aromatic rings. The normalized spacial score (nSPS) is 16.1. The zero-order chi connectivity index (χ0) is 36.5. The molecule has 0 radical (unpaired) electrons. The number of anilines is 1. The van der Waals surface area contributed by atoms with Crippen molar-refractivity contribution >= 4 is 11.4 Å². The van der Waals surface area contributed by atoms with Gasteiger partial charge in [-0.3, -0.25) is 0 Å². The van der Waals surface area contributed by atoms with E-state index in [2.05, 4.69) is 0 Å². The Morgan fingerprint density at radius 1 is 0.449 bits per heavy atom. The maximum Gasteiger partial charge on any atom is 0.200 e. The van der Waals surface area contributed by atoms with Crippen molar-refractivity contribution < 1.29 is 65.9 Å². The number of hydrogen-bond donors (Lipinski definition) is 1. The van der Waals surface area contributed by atoms with Crippen LogP contribution in [0.15, 0.2) is 6.20 Å². The molecule has 1 N–H and O–H groups in total.